The summed E-state index contributed by atoms with van der Waals surface area (Å²) >= 11 is 1.43. The first-order valence-corrected chi connectivity index (χ1v) is 10.1. The van der Waals surface area contributed by atoms with E-state index in [1.165, 1.54) is 22.9 Å². The van der Waals surface area contributed by atoms with Gasteiger partial charge < -0.3 is 5.32 Å². The summed E-state index contributed by atoms with van der Waals surface area (Å²) in [6.07, 6.45) is 4.86. The van der Waals surface area contributed by atoms with Gasteiger partial charge in [0.05, 0.1) is 11.3 Å². The van der Waals surface area contributed by atoms with E-state index >= 15 is 0 Å². The van der Waals surface area contributed by atoms with Gasteiger partial charge in [-0.1, -0.05) is 54.2 Å². The molecule has 0 saturated heterocycles. The molecule has 1 aromatic heterocycles. The molecular weight excluding hydrogens is 356 g/mol. The van der Waals surface area contributed by atoms with Crippen molar-refractivity contribution in [3.63, 3.8) is 0 Å². The van der Waals surface area contributed by atoms with Crippen molar-refractivity contribution in [3.05, 3.63) is 72.1 Å². The minimum atomic E-state index is -0.259. The van der Waals surface area contributed by atoms with Crippen molar-refractivity contribution in [2.24, 2.45) is 0 Å². The summed E-state index contributed by atoms with van der Waals surface area (Å²) in [6, 6.07) is 18.4. The third kappa shape index (κ3) is 3.90. The first-order chi connectivity index (χ1) is 13.2. The van der Waals surface area contributed by atoms with Crippen molar-refractivity contribution in [2.75, 3.05) is 0 Å². The number of aryl methyl sites for hydroxylation is 1. The van der Waals surface area contributed by atoms with Crippen molar-refractivity contribution < 1.29 is 4.79 Å². The maximum atomic E-state index is 12.8. The molecule has 5 nitrogen and oxygen atoms in total. The molecule has 0 aliphatic heterocycles. The van der Waals surface area contributed by atoms with Crippen LogP contribution < -0.4 is 5.32 Å². The lowest BCUT2D eigenvalue weighted by Gasteiger charge is -2.27. The van der Waals surface area contributed by atoms with E-state index in [4.69, 9.17) is 0 Å². The molecule has 2 atom stereocenters. The normalized spacial score (nSPS) is 17.1. The van der Waals surface area contributed by atoms with Crippen LogP contribution in [0.5, 0.6) is 0 Å². The predicted octanol–water partition coefficient (Wildman–Crippen LogP) is 3.94. The van der Waals surface area contributed by atoms with Crippen molar-refractivity contribution in [3.8, 4) is 5.69 Å². The fourth-order valence-electron chi connectivity index (χ4n) is 3.48. The summed E-state index contributed by atoms with van der Waals surface area (Å²) in [6.45, 7) is 1.92. The molecular formula is C21H22N4OS. The molecule has 1 aliphatic carbocycles. The van der Waals surface area contributed by atoms with Crippen LogP contribution in [0.1, 0.15) is 36.9 Å². The first kappa shape index (κ1) is 17.8. The number of hydrogen-bond donors (Lipinski definition) is 1. The van der Waals surface area contributed by atoms with E-state index in [1.807, 2.05) is 47.9 Å². The van der Waals surface area contributed by atoms with E-state index in [1.54, 1.807) is 6.33 Å². The third-order valence-corrected chi connectivity index (χ3v) is 5.94. The largest absolute Gasteiger partial charge is 0.348 e. The second kappa shape index (κ2) is 7.96. The standard InChI is InChI=1S/C21H22N4OS/c1-15(27-21-24-22-14-25(21)17-10-3-2-4-11-17)20(26)23-19-13-7-9-16-8-5-6-12-18(16)19/h2-6,8,10-12,14-15,19H,7,9,13H2,1H3,(H,23,26). The van der Waals surface area contributed by atoms with Gasteiger partial charge in [0.2, 0.25) is 5.91 Å². The highest BCUT2D eigenvalue weighted by atomic mass is 32.2. The Morgan fingerprint density at radius 2 is 1.96 bits per heavy atom. The van der Waals surface area contributed by atoms with Gasteiger partial charge in [-0.2, -0.15) is 0 Å². The Labute approximate surface area is 163 Å². The van der Waals surface area contributed by atoms with Gasteiger partial charge in [-0.3, -0.25) is 9.36 Å². The van der Waals surface area contributed by atoms with E-state index in [-0.39, 0.29) is 17.2 Å². The molecule has 0 saturated carbocycles. The Morgan fingerprint density at radius 3 is 2.81 bits per heavy atom. The number of aromatic nitrogens is 3. The number of fused-ring (bicyclic) bond motifs is 1. The monoisotopic (exact) mass is 378 g/mol. The molecule has 27 heavy (non-hydrogen) atoms. The number of amides is 1. The molecule has 3 aromatic rings. The third-order valence-electron chi connectivity index (χ3n) is 4.89. The highest BCUT2D eigenvalue weighted by Crippen LogP contribution is 2.30. The Kier molecular flexibility index (Phi) is 5.25. The van der Waals surface area contributed by atoms with E-state index in [2.05, 4.69) is 33.7 Å². The maximum Gasteiger partial charge on any atom is 0.233 e. The van der Waals surface area contributed by atoms with Crippen LogP contribution in [0, 0.1) is 0 Å². The van der Waals surface area contributed by atoms with Crippen LogP contribution in [-0.2, 0) is 11.2 Å². The predicted molar refractivity (Wildman–Crippen MR) is 107 cm³/mol. The number of carbonyl (C=O) groups excluding carboxylic acids is 1. The number of nitrogens with one attached hydrogen (secondary N) is 1. The Bertz CT molecular complexity index is 925. The maximum absolute atomic E-state index is 12.8. The quantitative estimate of drug-likeness (QED) is 0.683. The van der Waals surface area contributed by atoms with Crippen LogP contribution in [0.4, 0.5) is 0 Å². The van der Waals surface area contributed by atoms with Crippen LogP contribution in [0.3, 0.4) is 0 Å². The fraction of sp³-hybridized carbons (Fsp3) is 0.286. The number of rotatable bonds is 5. The SMILES string of the molecule is CC(Sc1nncn1-c1ccccc1)C(=O)NC1CCCc2ccccc21. The van der Waals surface area contributed by atoms with Crippen molar-refractivity contribution in [1.82, 2.24) is 20.1 Å². The van der Waals surface area contributed by atoms with E-state index < -0.39 is 0 Å². The molecule has 0 bridgehead atoms. The minimum absolute atomic E-state index is 0.0318. The molecule has 1 heterocycles. The van der Waals surface area contributed by atoms with Crippen molar-refractivity contribution in [1.29, 1.82) is 0 Å². The minimum Gasteiger partial charge on any atom is -0.348 e. The van der Waals surface area contributed by atoms with E-state index in [0.29, 0.717) is 5.16 Å². The van der Waals surface area contributed by atoms with Crippen LogP contribution in [0.15, 0.2) is 66.1 Å². The summed E-state index contributed by atoms with van der Waals surface area (Å²) in [5.41, 5.74) is 3.58. The summed E-state index contributed by atoms with van der Waals surface area (Å²) in [4.78, 5) is 12.8. The number of thioether (sulfide) groups is 1. The summed E-state index contributed by atoms with van der Waals surface area (Å²) in [7, 11) is 0. The Hall–Kier alpha value is -2.60. The lowest BCUT2D eigenvalue weighted by molar-refractivity contribution is -0.121. The Morgan fingerprint density at radius 1 is 1.19 bits per heavy atom. The second-order valence-electron chi connectivity index (χ2n) is 6.73. The summed E-state index contributed by atoms with van der Waals surface area (Å²) in [5, 5.41) is 11.9. The summed E-state index contributed by atoms with van der Waals surface area (Å²) in [5.74, 6) is 0.0318. The zero-order valence-electron chi connectivity index (χ0n) is 15.2. The van der Waals surface area contributed by atoms with Gasteiger partial charge in [0, 0.05) is 5.69 Å². The number of benzene rings is 2. The van der Waals surface area contributed by atoms with Gasteiger partial charge in [0.25, 0.3) is 0 Å². The van der Waals surface area contributed by atoms with Gasteiger partial charge in [0.15, 0.2) is 5.16 Å². The van der Waals surface area contributed by atoms with Gasteiger partial charge >= 0.3 is 0 Å². The number of carbonyl (C=O) groups is 1. The average Bonchev–Trinajstić information content (AvgIpc) is 3.17. The molecule has 0 fully saturated rings. The number of hydrogen-bond acceptors (Lipinski definition) is 4. The zero-order valence-corrected chi connectivity index (χ0v) is 16.0. The zero-order chi connectivity index (χ0) is 18.6. The van der Waals surface area contributed by atoms with Crippen LogP contribution >= 0.6 is 11.8 Å². The van der Waals surface area contributed by atoms with Gasteiger partial charge in [-0.25, -0.2) is 0 Å². The molecule has 138 valence electrons. The first-order valence-electron chi connectivity index (χ1n) is 9.22. The van der Waals surface area contributed by atoms with Gasteiger partial charge in [0.1, 0.15) is 6.33 Å². The molecule has 2 aromatic carbocycles. The van der Waals surface area contributed by atoms with Crippen molar-refractivity contribution >= 4 is 17.7 Å². The average molecular weight is 379 g/mol. The van der Waals surface area contributed by atoms with E-state index in [9.17, 15) is 4.79 Å². The molecule has 0 spiro atoms. The van der Waals surface area contributed by atoms with Gasteiger partial charge in [-0.05, 0) is 49.4 Å². The molecule has 0 radical (unpaired) electrons. The highest BCUT2D eigenvalue weighted by Gasteiger charge is 2.25. The van der Waals surface area contributed by atoms with Crippen LogP contribution in [0.2, 0.25) is 0 Å². The smallest absolute Gasteiger partial charge is 0.233 e. The highest BCUT2D eigenvalue weighted by molar-refractivity contribution is 8.00. The van der Waals surface area contributed by atoms with Crippen molar-refractivity contribution in [2.45, 2.75) is 42.6 Å². The van der Waals surface area contributed by atoms with Crippen LogP contribution in [-0.4, -0.2) is 25.9 Å². The second-order valence-corrected chi connectivity index (χ2v) is 8.04. The molecule has 1 N–H and O–H groups in total. The topological polar surface area (TPSA) is 59.8 Å². The molecule has 1 amide bonds. The fourth-order valence-corrected chi connectivity index (χ4v) is 4.33. The molecule has 2 unspecified atom stereocenters. The van der Waals surface area contributed by atoms with E-state index in [0.717, 1.165) is 24.9 Å². The lowest BCUT2D eigenvalue weighted by atomic mass is 9.88. The Balaban J connectivity index is 1.45. The summed E-state index contributed by atoms with van der Waals surface area (Å²) < 4.78 is 1.91. The molecule has 6 heteroatoms. The lowest BCUT2D eigenvalue weighted by Crippen LogP contribution is -2.36. The molecule has 1 aliphatic rings. The number of nitrogens with zero attached hydrogens (tertiary/aromatic N) is 3. The molecule has 4 rings (SSSR count). The number of para-hydroxylation sites is 1. The van der Waals surface area contributed by atoms with Crippen LogP contribution in [0.25, 0.3) is 5.69 Å². The van der Waals surface area contributed by atoms with Gasteiger partial charge in [-0.15, -0.1) is 10.2 Å².